The van der Waals surface area contributed by atoms with E-state index in [1.54, 1.807) is 24.4 Å². The van der Waals surface area contributed by atoms with E-state index in [4.69, 9.17) is 0 Å². The first-order valence-corrected chi connectivity index (χ1v) is 9.14. The summed E-state index contributed by atoms with van der Waals surface area (Å²) in [6.07, 6.45) is 1.59. The van der Waals surface area contributed by atoms with E-state index in [2.05, 4.69) is 15.3 Å². The maximum absolute atomic E-state index is 14.0. The van der Waals surface area contributed by atoms with Crippen molar-refractivity contribution >= 4 is 23.2 Å². The number of carbonyl (C=O) groups excluding carboxylic acids is 1. The number of anilines is 3. The summed E-state index contributed by atoms with van der Waals surface area (Å²) in [5.74, 6) is 0.0144. The first-order chi connectivity index (χ1) is 13.7. The minimum absolute atomic E-state index is 0.216. The van der Waals surface area contributed by atoms with Gasteiger partial charge in [-0.2, -0.15) is 0 Å². The van der Waals surface area contributed by atoms with Gasteiger partial charge in [0, 0.05) is 38.1 Å². The number of piperazine rings is 1. The predicted molar refractivity (Wildman–Crippen MR) is 107 cm³/mol. The Balaban J connectivity index is 1.42. The van der Waals surface area contributed by atoms with Crippen LogP contribution in [-0.2, 0) is 0 Å². The van der Waals surface area contributed by atoms with Gasteiger partial charge in [0.1, 0.15) is 11.5 Å². The summed E-state index contributed by atoms with van der Waals surface area (Å²) in [6.45, 7) is 2.62. The fourth-order valence-electron chi connectivity index (χ4n) is 3.20. The van der Waals surface area contributed by atoms with Crippen LogP contribution in [0.1, 0.15) is 10.5 Å². The molecule has 2 heterocycles. The van der Waals surface area contributed by atoms with Crippen LogP contribution in [0.4, 0.5) is 21.7 Å². The van der Waals surface area contributed by atoms with Crippen LogP contribution < -0.4 is 15.1 Å². The summed E-state index contributed by atoms with van der Waals surface area (Å²) in [5, 5.41) is 2.83. The van der Waals surface area contributed by atoms with E-state index < -0.39 is 0 Å². The van der Waals surface area contributed by atoms with E-state index in [-0.39, 0.29) is 11.7 Å². The van der Waals surface area contributed by atoms with Crippen molar-refractivity contribution in [2.24, 2.45) is 0 Å². The van der Waals surface area contributed by atoms with Gasteiger partial charge >= 0.3 is 0 Å². The zero-order chi connectivity index (χ0) is 19.3. The molecular formula is C21H20FN5O. The topological polar surface area (TPSA) is 61.4 Å². The van der Waals surface area contributed by atoms with Crippen LogP contribution in [-0.4, -0.2) is 42.1 Å². The smallest absolute Gasteiger partial charge is 0.274 e. The summed E-state index contributed by atoms with van der Waals surface area (Å²) in [4.78, 5) is 25.2. The summed E-state index contributed by atoms with van der Waals surface area (Å²) in [6, 6.07) is 17.6. The normalized spacial score (nSPS) is 14.0. The van der Waals surface area contributed by atoms with Crippen molar-refractivity contribution < 1.29 is 9.18 Å². The summed E-state index contributed by atoms with van der Waals surface area (Å²) in [7, 11) is 0. The van der Waals surface area contributed by atoms with Crippen molar-refractivity contribution in [2.75, 3.05) is 41.3 Å². The minimum atomic E-state index is -0.278. The van der Waals surface area contributed by atoms with Gasteiger partial charge in [-0.3, -0.25) is 4.79 Å². The van der Waals surface area contributed by atoms with Gasteiger partial charge in [-0.15, -0.1) is 0 Å². The van der Waals surface area contributed by atoms with Gasteiger partial charge in [-0.05, 0) is 30.3 Å². The van der Waals surface area contributed by atoms with Crippen LogP contribution >= 0.6 is 0 Å². The molecule has 1 aromatic heterocycles. The molecule has 2 aromatic carbocycles. The lowest BCUT2D eigenvalue weighted by Gasteiger charge is -2.36. The van der Waals surface area contributed by atoms with Crippen molar-refractivity contribution in [1.82, 2.24) is 9.97 Å². The van der Waals surface area contributed by atoms with E-state index in [1.165, 1.54) is 6.07 Å². The molecule has 4 rings (SSSR count). The molecule has 1 amide bonds. The molecule has 0 spiro atoms. The molecule has 142 valence electrons. The molecule has 1 aliphatic rings. The van der Waals surface area contributed by atoms with Crippen LogP contribution in [0.15, 0.2) is 66.9 Å². The average molecular weight is 377 g/mol. The number of halogens is 1. The zero-order valence-electron chi connectivity index (χ0n) is 15.3. The standard InChI is InChI=1S/C21H20FN5O/c22-17-8-4-5-9-19(17)26-12-14-27(15-13-26)21-23-11-10-18(25-21)20(28)24-16-6-2-1-3-7-16/h1-11H,12-15H2,(H,24,28). The number of aromatic nitrogens is 2. The van der Waals surface area contributed by atoms with Crippen molar-refractivity contribution in [3.63, 3.8) is 0 Å². The number of nitrogens with zero attached hydrogens (tertiary/aromatic N) is 4. The molecule has 0 bridgehead atoms. The predicted octanol–water partition coefficient (Wildman–Crippen LogP) is 3.19. The first-order valence-electron chi connectivity index (χ1n) is 9.14. The molecule has 28 heavy (non-hydrogen) atoms. The van der Waals surface area contributed by atoms with E-state index in [1.807, 2.05) is 46.2 Å². The van der Waals surface area contributed by atoms with E-state index in [0.29, 0.717) is 49.2 Å². The number of para-hydroxylation sites is 2. The van der Waals surface area contributed by atoms with Crippen molar-refractivity contribution in [3.8, 4) is 0 Å². The Morgan fingerprint density at radius 1 is 0.893 bits per heavy atom. The second kappa shape index (κ2) is 8.04. The zero-order valence-corrected chi connectivity index (χ0v) is 15.3. The van der Waals surface area contributed by atoms with Crippen molar-refractivity contribution in [2.45, 2.75) is 0 Å². The Morgan fingerprint density at radius 2 is 1.57 bits per heavy atom. The second-order valence-electron chi connectivity index (χ2n) is 6.49. The fourth-order valence-corrected chi connectivity index (χ4v) is 3.20. The number of hydrogen-bond donors (Lipinski definition) is 1. The van der Waals surface area contributed by atoms with Gasteiger partial charge < -0.3 is 15.1 Å². The lowest BCUT2D eigenvalue weighted by molar-refractivity contribution is 0.102. The fraction of sp³-hybridized carbons (Fsp3) is 0.190. The molecule has 1 aliphatic heterocycles. The van der Waals surface area contributed by atoms with Crippen molar-refractivity contribution in [3.05, 3.63) is 78.4 Å². The average Bonchev–Trinajstić information content (AvgIpc) is 2.75. The molecule has 1 saturated heterocycles. The van der Waals surface area contributed by atoms with E-state index in [0.717, 1.165) is 0 Å². The third-order valence-corrected chi connectivity index (χ3v) is 4.66. The van der Waals surface area contributed by atoms with E-state index >= 15 is 0 Å². The molecule has 0 unspecified atom stereocenters. The monoisotopic (exact) mass is 377 g/mol. The number of benzene rings is 2. The van der Waals surface area contributed by atoms with Gasteiger partial charge in [0.05, 0.1) is 5.69 Å². The Kier molecular flexibility index (Phi) is 5.14. The Labute approximate surface area is 162 Å². The number of nitrogens with one attached hydrogen (secondary N) is 1. The highest BCUT2D eigenvalue weighted by Crippen LogP contribution is 2.21. The maximum atomic E-state index is 14.0. The number of amides is 1. The van der Waals surface area contributed by atoms with Gasteiger partial charge in [-0.1, -0.05) is 30.3 Å². The molecule has 0 saturated carbocycles. The lowest BCUT2D eigenvalue weighted by atomic mass is 10.2. The largest absolute Gasteiger partial charge is 0.366 e. The number of hydrogen-bond acceptors (Lipinski definition) is 5. The van der Waals surface area contributed by atoms with Crippen LogP contribution in [0.5, 0.6) is 0 Å². The van der Waals surface area contributed by atoms with Crippen LogP contribution in [0.2, 0.25) is 0 Å². The first kappa shape index (κ1) is 17.9. The lowest BCUT2D eigenvalue weighted by Crippen LogP contribution is -2.47. The third kappa shape index (κ3) is 3.93. The molecule has 3 aromatic rings. The Hall–Kier alpha value is -3.48. The highest BCUT2D eigenvalue weighted by molar-refractivity contribution is 6.02. The third-order valence-electron chi connectivity index (χ3n) is 4.66. The molecule has 1 N–H and O–H groups in total. The minimum Gasteiger partial charge on any atom is -0.366 e. The number of carbonyl (C=O) groups is 1. The van der Waals surface area contributed by atoms with E-state index in [9.17, 15) is 9.18 Å². The quantitative estimate of drug-likeness (QED) is 0.757. The van der Waals surface area contributed by atoms with Crippen molar-refractivity contribution in [1.29, 1.82) is 0 Å². The molecular weight excluding hydrogens is 357 g/mol. The maximum Gasteiger partial charge on any atom is 0.274 e. The molecule has 0 radical (unpaired) electrons. The molecule has 0 atom stereocenters. The number of rotatable bonds is 4. The highest BCUT2D eigenvalue weighted by atomic mass is 19.1. The van der Waals surface area contributed by atoms with Gasteiger partial charge in [0.15, 0.2) is 0 Å². The Morgan fingerprint density at radius 3 is 2.32 bits per heavy atom. The molecule has 0 aliphatic carbocycles. The SMILES string of the molecule is O=C(Nc1ccccc1)c1ccnc(N2CCN(c3ccccc3F)CC2)n1. The van der Waals surface area contributed by atoms with Gasteiger partial charge in [0.25, 0.3) is 5.91 Å². The Bertz CT molecular complexity index is 958. The van der Waals surface area contributed by atoms with Gasteiger partial charge in [0.2, 0.25) is 5.95 Å². The molecule has 6 nitrogen and oxygen atoms in total. The van der Waals surface area contributed by atoms with Crippen LogP contribution in [0, 0.1) is 5.82 Å². The van der Waals surface area contributed by atoms with Crippen LogP contribution in [0.3, 0.4) is 0 Å². The van der Waals surface area contributed by atoms with Gasteiger partial charge in [-0.25, -0.2) is 14.4 Å². The highest BCUT2D eigenvalue weighted by Gasteiger charge is 2.21. The summed E-state index contributed by atoms with van der Waals surface area (Å²) in [5.41, 5.74) is 1.63. The molecule has 7 heteroatoms. The summed E-state index contributed by atoms with van der Waals surface area (Å²) >= 11 is 0. The second-order valence-corrected chi connectivity index (χ2v) is 6.49. The summed E-state index contributed by atoms with van der Waals surface area (Å²) < 4.78 is 14.0. The molecule has 1 fully saturated rings. The van der Waals surface area contributed by atoms with Crippen LogP contribution in [0.25, 0.3) is 0 Å².